The molecule has 7 N–H and O–H groups in total. The molecule has 0 aromatic carbocycles. The van der Waals surface area contributed by atoms with Crippen LogP contribution in [0.1, 0.15) is 0 Å². The van der Waals surface area contributed by atoms with E-state index in [1.807, 2.05) is 0 Å². The summed E-state index contributed by atoms with van der Waals surface area (Å²) in [5.74, 6) is 0. The van der Waals surface area contributed by atoms with Crippen LogP contribution in [0.3, 0.4) is 0 Å². The fourth-order valence-corrected chi connectivity index (χ4v) is 0.895. The molecule has 0 amide bonds. The zero-order valence-electron chi connectivity index (χ0n) is 7.78. The van der Waals surface area contributed by atoms with Crippen LogP contribution in [0.15, 0.2) is 0 Å². The van der Waals surface area contributed by atoms with E-state index >= 15 is 0 Å². The third kappa shape index (κ3) is 3.46. The lowest BCUT2D eigenvalue weighted by Crippen LogP contribution is -2.53. The molecule has 0 aliphatic rings. The van der Waals surface area contributed by atoms with E-state index in [0.717, 1.165) is 0 Å². The Balaban J connectivity index is 4.22. The highest BCUT2D eigenvalue weighted by molar-refractivity contribution is 4.83. The number of aliphatic hydroxyl groups is 6. The number of likely N-dealkylation sites (N-methyl/N-ethyl adjacent to an activating group) is 1. The predicted molar refractivity (Wildman–Crippen MR) is 46.2 cm³/mol. The van der Waals surface area contributed by atoms with Gasteiger partial charge < -0.3 is 30.6 Å². The Bertz CT molecular complexity index is 141. The van der Waals surface area contributed by atoms with E-state index in [1.165, 1.54) is 7.05 Å². The number of aliphatic hydroxyl groups excluding tert-OH is 6. The SMILES string of the molecule is CN[C@@H](O)[C@H](O)[C@@H](O)[C@H](O)[C@H](O)CO. The highest BCUT2D eigenvalue weighted by Gasteiger charge is 2.33. The fourth-order valence-electron chi connectivity index (χ4n) is 0.895. The van der Waals surface area contributed by atoms with Crippen LogP contribution in [0.5, 0.6) is 0 Å². The Morgan fingerprint density at radius 3 is 1.79 bits per heavy atom. The molecule has 0 fully saturated rings. The number of rotatable bonds is 6. The molecule has 0 aliphatic heterocycles. The smallest absolute Gasteiger partial charge is 0.133 e. The van der Waals surface area contributed by atoms with Gasteiger partial charge in [0.15, 0.2) is 0 Å². The minimum Gasteiger partial charge on any atom is -0.394 e. The molecule has 0 aliphatic carbocycles. The van der Waals surface area contributed by atoms with Crippen LogP contribution >= 0.6 is 0 Å². The van der Waals surface area contributed by atoms with Gasteiger partial charge in [-0.15, -0.1) is 0 Å². The first-order valence-corrected chi connectivity index (χ1v) is 4.14. The van der Waals surface area contributed by atoms with Crippen molar-refractivity contribution < 1.29 is 30.6 Å². The summed E-state index contributed by atoms with van der Waals surface area (Å²) in [5, 5.41) is 56.2. The Morgan fingerprint density at radius 1 is 0.929 bits per heavy atom. The van der Waals surface area contributed by atoms with E-state index in [2.05, 4.69) is 5.32 Å². The molecular weight excluding hydrogens is 194 g/mol. The van der Waals surface area contributed by atoms with Gasteiger partial charge in [-0.1, -0.05) is 0 Å². The van der Waals surface area contributed by atoms with Crippen LogP contribution in [0.25, 0.3) is 0 Å². The maximum atomic E-state index is 9.22. The van der Waals surface area contributed by atoms with Crippen molar-refractivity contribution in [2.45, 2.75) is 30.6 Å². The van der Waals surface area contributed by atoms with Crippen molar-refractivity contribution in [1.29, 1.82) is 0 Å². The van der Waals surface area contributed by atoms with Crippen LogP contribution < -0.4 is 5.32 Å². The second kappa shape index (κ2) is 6.25. The van der Waals surface area contributed by atoms with Crippen LogP contribution in [0.2, 0.25) is 0 Å². The minimum absolute atomic E-state index is 0.749. The molecule has 0 heterocycles. The summed E-state index contributed by atoms with van der Waals surface area (Å²) in [6.07, 6.45) is -8.12. The van der Waals surface area contributed by atoms with E-state index in [4.69, 9.17) is 20.4 Å². The summed E-state index contributed by atoms with van der Waals surface area (Å²) in [6.45, 7) is -0.749. The van der Waals surface area contributed by atoms with Crippen molar-refractivity contribution in [2.24, 2.45) is 0 Å². The van der Waals surface area contributed by atoms with Gasteiger partial charge in [0.1, 0.15) is 30.6 Å². The second-order valence-corrected chi connectivity index (χ2v) is 2.96. The predicted octanol–water partition coefficient (Wildman–Crippen LogP) is -4.04. The molecule has 5 atom stereocenters. The van der Waals surface area contributed by atoms with Crippen LogP contribution in [0, 0.1) is 0 Å². The van der Waals surface area contributed by atoms with Crippen molar-refractivity contribution >= 4 is 0 Å². The molecule has 0 aromatic heterocycles. The standard InChI is InChI=1S/C7H17NO6/c1-8-7(14)6(13)5(12)4(11)3(10)2-9/h3-14H,2H2,1H3/t3-,4-,5+,6-,7+/m1/s1. The number of hydrogen-bond acceptors (Lipinski definition) is 7. The number of nitrogens with one attached hydrogen (secondary N) is 1. The highest BCUT2D eigenvalue weighted by atomic mass is 16.4. The van der Waals surface area contributed by atoms with Gasteiger partial charge in [0.25, 0.3) is 0 Å². The summed E-state index contributed by atoms with van der Waals surface area (Å²) in [4.78, 5) is 0. The van der Waals surface area contributed by atoms with Crippen LogP contribution in [0.4, 0.5) is 0 Å². The van der Waals surface area contributed by atoms with Gasteiger partial charge in [-0.25, -0.2) is 0 Å². The van der Waals surface area contributed by atoms with Gasteiger partial charge in [0.2, 0.25) is 0 Å². The van der Waals surface area contributed by atoms with Gasteiger partial charge >= 0.3 is 0 Å². The van der Waals surface area contributed by atoms with Gasteiger partial charge in [-0.3, -0.25) is 5.32 Å². The first-order chi connectivity index (χ1) is 6.45. The maximum Gasteiger partial charge on any atom is 0.133 e. The fraction of sp³-hybridized carbons (Fsp3) is 1.00. The van der Waals surface area contributed by atoms with Crippen LogP contribution in [-0.2, 0) is 0 Å². The average molecular weight is 211 g/mol. The van der Waals surface area contributed by atoms with Crippen molar-refractivity contribution in [1.82, 2.24) is 5.32 Å². The monoisotopic (exact) mass is 211 g/mol. The summed E-state index contributed by atoms with van der Waals surface area (Å²) >= 11 is 0. The first-order valence-electron chi connectivity index (χ1n) is 4.14. The number of hydrogen-bond donors (Lipinski definition) is 7. The zero-order valence-corrected chi connectivity index (χ0v) is 7.78. The third-order valence-corrected chi connectivity index (χ3v) is 1.90. The van der Waals surface area contributed by atoms with E-state index in [9.17, 15) is 10.2 Å². The molecule has 0 saturated heterocycles. The molecule has 14 heavy (non-hydrogen) atoms. The largest absolute Gasteiger partial charge is 0.394 e. The highest BCUT2D eigenvalue weighted by Crippen LogP contribution is 2.06. The normalized spacial score (nSPS) is 22.5. The molecule has 0 spiro atoms. The third-order valence-electron chi connectivity index (χ3n) is 1.90. The molecule has 0 bridgehead atoms. The Hall–Kier alpha value is -0.280. The van der Waals surface area contributed by atoms with E-state index in [0.29, 0.717) is 0 Å². The molecule has 0 aromatic rings. The van der Waals surface area contributed by atoms with E-state index < -0.39 is 37.3 Å². The topological polar surface area (TPSA) is 133 Å². The van der Waals surface area contributed by atoms with Gasteiger partial charge in [-0.2, -0.15) is 0 Å². The minimum atomic E-state index is -1.75. The lowest BCUT2D eigenvalue weighted by Gasteiger charge is -2.28. The van der Waals surface area contributed by atoms with Crippen molar-refractivity contribution in [3.8, 4) is 0 Å². The zero-order chi connectivity index (χ0) is 11.3. The quantitative estimate of drug-likeness (QED) is 0.222. The van der Waals surface area contributed by atoms with Gasteiger partial charge in [0, 0.05) is 0 Å². The summed E-state index contributed by atoms with van der Waals surface area (Å²) < 4.78 is 0. The Morgan fingerprint density at radius 2 is 1.43 bits per heavy atom. The van der Waals surface area contributed by atoms with E-state index in [-0.39, 0.29) is 0 Å². The second-order valence-electron chi connectivity index (χ2n) is 2.96. The molecule has 7 nitrogen and oxygen atoms in total. The molecule has 0 saturated carbocycles. The van der Waals surface area contributed by atoms with Crippen molar-refractivity contribution in [2.75, 3.05) is 13.7 Å². The van der Waals surface area contributed by atoms with Crippen molar-refractivity contribution in [3.05, 3.63) is 0 Å². The molecular formula is C7H17NO6. The van der Waals surface area contributed by atoms with E-state index in [1.54, 1.807) is 0 Å². The summed E-state index contributed by atoms with van der Waals surface area (Å²) in [5.41, 5.74) is 0. The lowest BCUT2D eigenvalue weighted by molar-refractivity contribution is -0.144. The lowest BCUT2D eigenvalue weighted by atomic mass is 10.0. The van der Waals surface area contributed by atoms with Crippen LogP contribution in [-0.4, -0.2) is 74.9 Å². The Labute approximate surface area is 81.2 Å². The molecule has 86 valence electrons. The van der Waals surface area contributed by atoms with Crippen molar-refractivity contribution in [3.63, 3.8) is 0 Å². The molecule has 0 rings (SSSR count). The first kappa shape index (κ1) is 13.7. The molecule has 0 radical (unpaired) electrons. The average Bonchev–Trinajstić information content (AvgIpc) is 2.23. The Kier molecular flexibility index (Phi) is 6.12. The van der Waals surface area contributed by atoms with Gasteiger partial charge in [0.05, 0.1) is 6.61 Å². The molecule has 7 heteroatoms. The molecule has 0 unspecified atom stereocenters. The van der Waals surface area contributed by atoms with Gasteiger partial charge in [-0.05, 0) is 7.05 Å². The summed E-state index contributed by atoms with van der Waals surface area (Å²) in [6, 6.07) is 0. The maximum absolute atomic E-state index is 9.22. The summed E-state index contributed by atoms with van der Waals surface area (Å²) in [7, 11) is 1.34.